The Hall–Kier alpha value is -3.58. The molecule has 7 aromatic carbocycles. The Balaban J connectivity index is 0.000000441. The summed E-state index contributed by atoms with van der Waals surface area (Å²) < 4.78 is 0. The molecule has 0 spiro atoms. The van der Waals surface area contributed by atoms with Crippen molar-refractivity contribution in [2.24, 2.45) is 0 Å². The van der Waals surface area contributed by atoms with Crippen LogP contribution in [0, 0.1) is 0 Å². The number of halogens is 1. The van der Waals surface area contributed by atoms with Crippen molar-refractivity contribution >= 4 is 99.4 Å². The van der Waals surface area contributed by atoms with Crippen LogP contribution in [0.5, 0.6) is 5.75 Å². The molecule has 3 nitrogen and oxygen atoms in total. The maximum Gasteiger partial charge on any atom is 0.211 e. The summed E-state index contributed by atoms with van der Waals surface area (Å²) >= 11 is 5.70. The first-order chi connectivity index (χ1) is 35.4. The van der Waals surface area contributed by atoms with E-state index in [9.17, 15) is 9.59 Å². The molecule has 0 radical (unpaired) electrons. The van der Waals surface area contributed by atoms with Gasteiger partial charge in [-0.1, -0.05) is 158 Å². The van der Waals surface area contributed by atoms with Crippen molar-refractivity contribution in [1.29, 1.82) is 0 Å². The van der Waals surface area contributed by atoms with Crippen LogP contribution in [-0.4, -0.2) is 114 Å². The van der Waals surface area contributed by atoms with Gasteiger partial charge in [0, 0.05) is 43.8 Å². The second-order valence-electron chi connectivity index (χ2n) is 17.6. The highest BCUT2D eigenvalue weighted by atomic mass is 35.5. The zero-order chi connectivity index (χ0) is 55.1. The SMILES string of the molecule is CCCC[S+](C)CC(=O)c1ccccc1.C[S+](C)C.C[S+](C)CC(=O)c1ccccc1.C[S+](C)c1ccc(O)cc1.C[S+](C)c1ccccc1.C[S+](CCl)c1ccccc1.C[S+](c1ccccc1)c1ccccc1. The molecule has 1 N–H and O–H groups in total. The molecule has 0 fully saturated rings. The molecule has 0 bridgehead atoms. The van der Waals surface area contributed by atoms with E-state index in [0.29, 0.717) is 49.9 Å². The number of phenols is 1. The van der Waals surface area contributed by atoms with Crippen LogP contribution in [0.15, 0.2) is 231 Å². The molecule has 0 saturated heterocycles. The van der Waals surface area contributed by atoms with Crippen LogP contribution in [0.4, 0.5) is 0 Å². The minimum atomic E-state index is 0.203. The summed E-state index contributed by atoms with van der Waals surface area (Å²) in [6, 6.07) is 68.6. The minimum Gasteiger partial charge on any atom is -0.508 e. The van der Waals surface area contributed by atoms with Gasteiger partial charge in [0.2, 0.25) is 11.6 Å². The lowest BCUT2D eigenvalue weighted by Crippen LogP contribution is -2.18. The highest BCUT2D eigenvalue weighted by Crippen LogP contribution is 2.20. The maximum atomic E-state index is 11.8. The molecular weight excluding hydrogens is 1060 g/mol. The van der Waals surface area contributed by atoms with E-state index in [2.05, 4.69) is 185 Å². The van der Waals surface area contributed by atoms with Crippen molar-refractivity contribution in [2.75, 3.05) is 97.5 Å². The monoisotopic (exact) mass is 1150 g/mol. The Kier molecular flexibility index (Phi) is 39.3. The molecule has 0 amide bonds. The van der Waals surface area contributed by atoms with E-state index in [4.69, 9.17) is 16.7 Å². The highest BCUT2D eigenvalue weighted by Gasteiger charge is 2.19. The number of rotatable bonds is 15. The number of carbonyl (C=O) groups excluding carboxylic acids is 2. The van der Waals surface area contributed by atoms with Crippen LogP contribution < -0.4 is 0 Å². The number of alkyl halides is 1. The first-order valence-corrected chi connectivity index (χ1v) is 38.9. The van der Waals surface area contributed by atoms with Gasteiger partial charge in [-0.2, -0.15) is 0 Å². The van der Waals surface area contributed by atoms with Gasteiger partial charge in [-0.15, -0.1) is 0 Å². The van der Waals surface area contributed by atoms with Crippen molar-refractivity contribution in [3.8, 4) is 5.75 Å². The van der Waals surface area contributed by atoms with Crippen molar-refractivity contribution in [3.63, 3.8) is 0 Å². The average molecular weight is 1150 g/mol. The zero-order valence-corrected chi connectivity index (χ0v) is 52.8. The van der Waals surface area contributed by atoms with Crippen molar-refractivity contribution in [3.05, 3.63) is 217 Å². The zero-order valence-electron chi connectivity index (χ0n) is 46.4. The summed E-state index contributed by atoms with van der Waals surface area (Å²) in [5.74, 6) is 3.46. The molecule has 0 saturated carbocycles. The van der Waals surface area contributed by atoms with Gasteiger partial charge in [-0.3, -0.25) is 9.59 Å². The standard InChI is InChI=1S/C13H19OS.C13H13S.C10H13OS.C8H10ClS.C8H10OS.C8H11S.C3H9S/c1-3-4-10-15(2)11-13(14)12-8-6-5-7-9-12;1-14(12-8-4-2-5-9-12)13-10-6-3-7-11-13;1-12(2)8-10(11)9-6-4-3-5-7-9;1-10(7-9)8-5-3-2-4-6-8;1-10(2)8-5-3-7(9)4-6-8;1-9(2)8-6-4-3-5-7-8;1-4(2)3/h5-9H,3-4,10-11H2,1-2H3;2-11H,1H3;3-7H,8H2,1-2H3;2-6H,7H2,1H3;3-6H,1-2H3;3-7H,1-2H3;1-3H3/q4*+1;;2*+1/p+1. The number of hydrogen-bond acceptors (Lipinski definition) is 3. The third-order valence-corrected chi connectivity index (χ3v) is 19.2. The molecule has 11 heteroatoms. The molecular formula is C63H86ClO3S7+7. The second-order valence-corrected chi connectivity index (χ2v) is 33.3. The van der Waals surface area contributed by atoms with E-state index in [1.807, 2.05) is 91.0 Å². The lowest BCUT2D eigenvalue weighted by atomic mass is 10.2. The van der Waals surface area contributed by atoms with Gasteiger partial charge in [0.1, 0.15) is 49.0 Å². The fourth-order valence-electron chi connectivity index (χ4n) is 5.88. The van der Waals surface area contributed by atoms with Gasteiger partial charge >= 0.3 is 0 Å². The van der Waals surface area contributed by atoms with Gasteiger partial charge in [-0.05, 0) is 112 Å². The minimum absolute atomic E-state index is 0.203. The summed E-state index contributed by atoms with van der Waals surface area (Å²) in [6.45, 7) is 2.19. The van der Waals surface area contributed by atoms with Gasteiger partial charge in [0.25, 0.3) is 0 Å². The summed E-state index contributed by atoms with van der Waals surface area (Å²) in [5, 5.41) is 9.67. The van der Waals surface area contributed by atoms with E-state index in [1.54, 1.807) is 12.1 Å². The lowest BCUT2D eigenvalue weighted by molar-refractivity contribution is 0.101. The fourth-order valence-corrected chi connectivity index (χ4v) is 12.0. The van der Waals surface area contributed by atoms with Crippen molar-refractivity contribution in [2.45, 2.75) is 44.2 Å². The van der Waals surface area contributed by atoms with E-state index in [1.165, 1.54) is 43.1 Å². The smallest absolute Gasteiger partial charge is 0.211 e. The molecule has 0 aliphatic rings. The average Bonchev–Trinajstić information content (AvgIpc) is 3.42. The molecule has 0 aliphatic heterocycles. The first-order valence-electron chi connectivity index (χ1n) is 24.2. The quantitative estimate of drug-likeness (QED) is 0.0632. The second kappa shape index (κ2) is 42.5. The number of benzene rings is 7. The highest BCUT2D eigenvalue weighted by molar-refractivity contribution is 7.98. The topological polar surface area (TPSA) is 54.4 Å². The van der Waals surface area contributed by atoms with E-state index >= 15 is 0 Å². The third-order valence-electron chi connectivity index (χ3n) is 9.86. The summed E-state index contributed by atoms with van der Waals surface area (Å²) in [6.07, 6.45) is 28.6. The number of ketones is 2. The van der Waals surface area contributed by atoms with E-state index < -0.39 is 0 Å². The Morgan fingerprint density at radius 1 is 0.419 bits per heavy atom. The Morgan fingerprint density at radius 3 is 1.04 bits per heavy atom. The fraction of sp³-hybridized carbons (Fsp3) is 0.302. The van der Waals surface area contributed by atoms with Crippen molar-refractivity contribution in [1.82, 2.24) is 0 Å². The molecule has 7 rings (SSSR count). The maximum absolute atomic E-state index is 11.8. The van der Waals surface area contributed by atoms with Crippen LogP contribution in [0.2, 0.25) is 0 Å². The number of phenolic OH excluding ortho intramolecular Hbond substituents is 1. The largest absolute Gasteiger partial charge is 0.508 e. The van der Waals surface area contributed by atoms with Crippen molar-refractivity contribution < 1.29 is 14.7 Å². The number of Topliss-reactive ketones (excluding diaryl/α,β-unsaturated/α-hetero) is 2. The number of aromatic hydroxyl groups is 1. The predicted octanol–water partition coefficient (Wildman–Crippen LogP) is 14.6. The molecule has 2 atom stereocenters. The normalized spacial score (nSPS) is 11.0. The first kappa shape index (κ1) is 68.4. The number of unbranched alkanes of at least 4 members (excludes halogenated alkanes) is 1. The van der Waals surface area contributed by atoms with Gasteiger partial charge < -0.3 is 5.11 Å². The Morgan fingerprint density at radius 2 is 0.730 bits per heavy atom. The van der Waals surface area contributed by atoms with Gasteiger partial charge in [-0.25, -0.2) is 0 Å². The van der Waals surface area contributed by atoms with Crippen LogP contribution in [0.25, 0.3) is 0 Å². The van der Waals surface area contributed by atoms with Crippen LogP contribution in [0.1, 0.15) is 40.5 Å². The molecule has 398 valence electrons. The molecule has 2 unspecified atom stereocenters. The van der Waals surface area contributed by atoms with Gasteiger partial charge in [0.15, 0.2) is 41.2 Å². The molecule has 0 aliphatic carbocycles. The molecule has 0 aromatic heterocycles. The van der Waals surface area contributed by atoms with Crippen LogP contribution in [-0.2, 0) is 76.3 Å². The summed E-state index contributed by atoms with van der Waals surface area (Å²) in [7, 11) is 2.24. The molecule has 74 heavy (non-hydrogen) atoms. The van der Waals surface area contributed by atoms with Crippen LogP contribution in [0.3, 0.4) is 0 Å². The van der Waals surface area contributed by atoms with E-state index in [0.717, 1.165) is 16.3 Å². The molecule has 7 aromatic rings. The Bertz CT molecular complexity index is 2370. The molecule has 0 heterocycles. The van der Waals surface area contributed by atoms with E-state index in [-0.39, 0.29) is 55.1 Å². The van der Waals surface area contributed by atoms with Gasteiger partial charge in [0.05, 0.1) is 48.4 Å². The lowest BCUT2D eigenvalue weighted by Gasteiger charge is -2.02. The summed E-state index contributed by atoms with van der Waals surface area (Å²) in [5.41, 5.74) is 1.69. The van der Waals surface area contributed by atoms with Crippen LogP contribution >= 0.6 is 11.6 Å². The third kappa shape index (κ3) is 33.5. The summed E-state index contributed by atoms with van der Waals surface area (Å²) in [4.78, 5) is 30.2. The predicted molar refractivity (Wildman–Crippen MR) is 350 cm³/mol. The number of carbonyl (C=O) groups is 2. The number of hydrogen-bond donors (Lipinski definition) is 1. The Labute approximate surface area is 475 Å².